The van der Waals surface area contributed by atoms with Crippen LogP contribution in [0.25, 0.3) is 0 Å². The Morgan fingerprint density at radius 3 is 2.60 bits per heavy atom. The number of rotatable bonds is 8. The van der Waals surface area contributed by atoms with E-state index >= 15 is 0 Å². The summed E-state index contributed by atoms with van der Waals surface area (Å²) in [5, 5.41) is 9.09. The highest BCUT2D eigenvalue weighted by atomic mass is 16.2. The van der Waals surface area contributed by atoms with Crippen molar-refractivity contribution < 1.29 is 9.59 Å². The molecule has 166 valence electrons. The summed E-state index contributed by atoms with van der Waals surface area (Å²) in [6.07, 6.45) is 3.42. The van der Waals surface area contributed by atoms with Gasteiger partial charge in [0.25, 0.3) is 0 Å². The maximum atomic E-state index is 12.1. The zero-order valence-corrected chi connectivity index (χ0v) is 18.8. The number of benzene rings is 1. The topological polar surface area (TPSA) is 85.8 Å². The second-order valence-electron chi connectivity index (χ2n) is 7.98. The molecule has 1 saturated heterocycles. The molecule has 3 N–H and O–H groups in total. The van der Waals surface area contributed by atoms with Gasteiger partial charge in [0.05, 0.1) is 6.54 Å². The zero-order valence-electron chi connectivity index (χ0n) is 18.8. The maximum Gasteiger partial charge on any atom is 0.227 e. The lowest BCUT2D eigenvalue weighted by Gasteiger charge is -2.34. The molecule has 0 aromatic heterocycles. The van der Waals surface area contributed by atoms with E-state index in [9.17, 15) is 9.59 Å². The molecule has 7 heteroatoms. The fraction of sp³-hybridized carbons (Fsp3) is 0.609. The Balaban J connectivity index is 1.97. The van der Waals surface area contributed by atoms with Gasteiger partial charge in [-0.1, -0.05) is 26.0 Å². The van der Waals surface area contributed by atoms with Gasteiger partial charge in [-0.25, -0.2) is 4.99 Å². The molecule has 1 aromatic rings. The van der Waals surface area contributed by atoms with Gasteiger partial charge in [0.1, 0.15) is 0 Å². The Hall–Kier alpha value is -2.57. The molecular formula is C23H37N5O2. The van der Waals surface area contributed by atoms with Gasteiger partial charge in [0.2, 0.25) is 11.8 Å². The lowest BCUT2D eigenvalue weighted by Crippen LogP contribution is -2.46. The number of hydrogen-bond acceptors (Lipinski definition) is 3. The van der Waals surface area contributed by atoms with E-state index in [0.29, 0.717) is 18.9 Å². The largest absolute Gasteiger partial charge is 0.359 e. The predicted octanol–water partition coefficient (Wildman–Crippen LogP) is 2.98. The Morgan fingerprint density at radius 2 is 1.97 bits per heavy atom. The molecule has 1 unspecified atom stereocenters. The van der Waals surface area contributed by atoms with E-state index in [1.807, 2.05) is 38.1 Å². The first-order chi connectivity index (χ1) is 14.5. The van der Waals surface area contributed by atoms with Crippen molar-refractivity contribution in [1.82, 2.24) is 15.5 Å². The van der Waals surface area contributed by atoms with Crippen molar-refractivity contribution in [1.29, 1.82) is 0 Å². The highest BCUT2D eigenvalue weighted by Crippen LogP contribution is 2.21. The molecule has 30 heavy (non-hydrogen) atoms. The van der Waals surface area contributed by atoms with Crippen LogP contribution < -0.4 is 16.0 Å². The van der Waals surface area contributed by atoms with Crippen LogP contribution in [0.4, 0.5) is 5.69 Å². The number of hydrogen-bond donors (Lipinski definition) is 3. The lowest BCUT2D eigenvalue weighted by atomic mass is 9.93. The minimum Gasteiger partial charge on any atom is -0.359 e. The van der Waals surface area contributed by atoms with E-state index in [1.54, 1.807) is 7.05 Å². The molecule has 1 atom stereocenters. The third kappa shape index (κ3) is 7.35. The molecule has 7 nitrogen and oxygen atoms in total. The summed E-state index contributed by atoms with van der Waals surface area (Å²) in [5.41, 5.74) is 1.87. The van der Waals surface area contributed by atoms with Crippen molar-refractivity contribution in [2.24, 2.45) is 16.8 Å². The number of aliphatic imine (C=N–C) groups is 1. The fourth-order valence-corrected chi connectivity index (χ4v) is 3.50. The molecule has 1 heterocycles. The van der Waals surface area contributed by atoms with Gasteiger partial charge in [0, 0.05) is 44.7 Å². The second kappa shape index (κ2) is 12.2. The number of amides is 2. The van der Waals surface area contributed by atoms with Crippen LogP contribution in [0, 0.1) is 11.8 Å². The minimum absolute atomic E-state index is 0.00152. The standard InChI is InChI=1S/C23H37N5O2/c1-5-17(3)22(30)27-20-9-7-8-19(14-20)16-26-23(25-6-2)28-12-10-18(11-13-28)15-21(29)24-4/h7-9,14,17-18H,5-6,10-13,15-16H2,1-4H3,(H,24,29)(H,25,26)(H,27,30). The number of piperidine rings is 1. The summed E-state index contributed by atoms with van der Waals surface area (Å²) in [5.74, 6) is 1.51. The Morgan fingerprint density at radius 1 is 1.23 bits per heavy atom. The lowest BCUT2D eigenvalue weighted by molar-refractivity contribution is -0.122. The number of anilines is 1. The van der Waals surface area contributed by atoms with Crippen LogP contribution in [0.3, 0.4) is 0 Å². The van der Waals surface area contributed by atoms with Crippen molar-refractivity contribution in [2.75, 3.05) is 32.0 Å². The maximum absolute atomic E-state index is 12.1. The van der Waals surface area contributed by atoms with E-state index < -0.39 is 0 Å². The third-order valence-corrected chi connectivity index (χ3v) is 5.67. The van der Waals surface area contributed by atoms with E-state index in [0.717, 1.165) is 56.1 Å². The SMILES string of the molecule is CCNC(=NCc1cccc(NC(=O)C(C)CC)c1)N1CCC(CC(=O)NC)CC1. The van der Waals surface area contributed by atoms with Gasteiger partial charge < -0.3 is 20.9 Å². The molecule has 1 aliphatic heterocycles. The third-order valence-electron chi connectivity index (χ3n) is 5.67. The summed E-state index contributed by atoms with van der Waals surface area (Å²) < 4.78 is 0. The van der Waals surface area contributed by atoms with Crippen molar-refractivity contribution in [3.63, 3.8) is 0 Å². The summed E-state index contributed by atoms with van der Waals surface area (Å²) >= 11 is 0. The van der Waals surface area contributed by atoms with E-state index in [-0.39, 0.29) is 17.7 Å². The van der Waals surface area contributed by atoms with Gasteiger partial charge >= 0.3 is 0 Å². The van der Waals surface area contributed by atoms with Crippen molar-refractivity contribution in [2.45, 2.75) is 53.0 Å². The highest BCUT2D eigenvalue weighted by molar-refractivity contribution is 5.92. The first-order valence-corrected chi connectivity index (χ1v) is 11.1. The molecule has 2 amide bonds. The minimum atomic E-state index is -0.00152. The summed E-state index contributed by atoms with van der Waals surface area (Å²) in [4.78, 5) is 30.9. The number of carbonyl (C=O) groups excluding carboxylic acids is 2. The molecule has 0 spiro atoms. The van der Waals surface area contributed by atoms with E-state index in [4.69, 9.17) is 4.99 Å². The molecule has 1 aromatic carbocycles. The quantitative estimate of drug-likeness (QED) is 0.450. The van der Waals surface area contributed by atoms with Crippen LogP contribution >= 0.6 is 0 Å². The summed E-state index contributed by atoms with van der Waals surface area (Å²) in [6.45, 7) is 9.18. The molecule has 0 aliphatic carbocycles. The van der Waals surface area contributed by atoms with Gasteiger partial charge in [-0.05, 0) is 49.8 Å². The fourth-order valence-electron chi connectivity index (χ4n) is 3.50. The summed E-state index contributed by atoms with van der Waals surface area (Å²) in [6, 6.07) is 7.88. The van der Waals surface area contributed by atoms with Gasteiger partial charge in [-0.2, -0.15) is 0 Å². The average Bonchev–Trinajstić information content (AvgIpc) is 2.76. The van der Waals surface area contributed by atoms with Gasteiger partial charge in [-0.15, -0.1) is 0 Å². The van der Waals surface area contributed by atoms with Crippen LogP contribution in [0.15, 0.2) is 29.3 Å². The molecule has 0 bridgehead atoms. The number of guanidine groups is 1. The smallest absolute Gasteiger partial charge is 0.227 e. The van der Waals surface area contributed by atoms with Crippen molar-refractivity contribution >= 4 is 23.5 Å². The highest BCUT2D eigenvalue weighted by Gasteiger charge is 2.23. The molecule has 0 radical (unpaired) electrons. The molecule has 1 fully saturated rings. The first-order valence-electron chi connectivity index (χ1n) is 11.1. The number of likely N-dealkylation sites (tertiary alicyclic amines) is 1. The van der Waals surface area contributed by atoms with Crippen molar-refractivity contribution in [3.05, 3.63) is 29.8 Å². The van der Waals surface area contributed by atoms with Crippen LogP contribution in [-0.2, 0) is 16.1 Å². The van der Waals surface area contributed by atoms with Crippen LogP contribution in [0.2, 0.25) is 0 Å². The number of nitrogens with zero attached hydrogens (tertiary/aromatic N) is 2. The Bertz CT molecular complexity index is 726. The average molecular weight is 416 g/mol. The number of nitrogens with one attached hydrogen (secondary N) is 3. The second-order valence-corrected chi connectivity index (χ2v) is 7.98. The van der Waals surface area contributed by atoms with E-state index in [1.165, 1.54) is 0 Å². The van der Waals surface area contributed by atoms with Gasteiger partial charge in [0.15, 0.2) is 5.96 Å². The van der Waals surface area contributed by atoms with Gasteiger partial charge in [-0.3, -0.25) is 9.59 Å². The predicted molar refractivity (Wildman–Crippen MR) is 122 cm³/mol. The Labute approximate surface area is 180 Å². The number of carbonyl (C=O) groups is 2. The van der Waals surface area contributed by atoms with Crippen LogP contribution in [-0.4, -0.2) is 49.4 Å². The van der Waals surface area contributed by atoms with Crippen molar-refractivity contribution in [3.8, 4) is 0 Å². The molecule has 2 rings (SSSR count). The van der Waals surface area contributed by atoms with Crippen LogP contribution in [0.1, 0.15) is 52.0 Å². The van der Waals surface area contributed by atoms with E-state index in [2.05, 4.69) is 27.8 Å². The molecule has 1 aliphatic rings. The normalized spacial score (nSPS) is 16.1. The zero-order chi connectivity index (χ0) is 21.9. The van der Waals surface area contributed by atoms with Crippen LogP contribution in [0.5, 0.6) is 0 Å². The monoisotopic (exact) mass is 415 g/mol. The summed E-state index contributed by atoms with van der Waals surface area (Å²) in [7, 11) is 1.69. The molecular weight excluding hydrogens is 378 g/mol. The Kier molecular flexibility index (Phi) is 9.64. The first kappa shape index (κ1) is 23.7. The molecule has 0 saturated carbocycles.